The summed E-state index contributed by atoms with van der Waals surface area (Å²) in [6.45, 7) is 1.68. The minimum Gasteiger partial charge on any atom is -0.393 e. The van der Waals surface area contributed by atoms with Gasteiger partial charge < -0.3 is 10.4 Å². The summed E-state index contributed by atoms with van der Waals surface area (Å²) in [6.07, 6.45) is 1.58. The number of likely N-dealkylation sites (tertiary alicyclic amines) is 1. The molecule has 4 nitrogen and oxygen atoms in total. The van der Waals surface area contributed by atoms with Crippen molar-refractivity contribution >= 4 is 11.6 Å². The number of aliphatic hydroxyl groups is 1. The predicted octanol–water partition coefficient (Wildman–Crippen LogP) is 1.61. The lowest BCUT2D eigenvalue weighted by atomic mass is 10.00. The second-order valence-electron chi connectivity index (χ2n) is 5.97. The Bertz CT molecular complexity index is 532. The highest BCUT2D eigenvalue weighted by Gasteiger charge is 2.41. The maximum atomic E-state index is 13.1. The predicted molar refractivity (Wildman–Crippen MR) is 73.6 cm³/mol. The van der Waals surface area contributed by atoms with Gasteiger partial charge >= 0.3 is 0 Å². The molecule has 0 radical (unpaired) electrons. The molecule has 2 N–H and O–H groups in total. The zero-order chi connectivity index (χ0) is 15.0. The molecule has 1 saturated heterocycles. The number of rotatable bonds is 3. The number of aliphatic hydroxyl groups excluding tert-OH is 1. The molecule has 1 amide bonds. The first-order valence-corrected chi connectivity index (χ1v) is 7.17. The second-order valence-corrected chi connectivity index (χ2v) is 5.97. The first-order chi connectivity index (χ1) is 10.0. The monoisotopic (exact) mass is 296 g/mol. The van der Waals surface area contributed by atoms with E-state index >= 15 is 0 Å². The van der Waals surface area contributed by atoms with Crippen LogP contribution < -0.4 is 5.32 Å². The van der Waals surface area contributed by atoms with Crippen molar-refractivity contribution < 1.29 is 18.7 Å². The molecule has 0 bridgehead atoms. The van der Waals surface area contributed by atoms with Crippen LogP contribution in [0.4, 0.5) is 14.5 Å². The van der Waals surface area contributed by atoms with E-state index in [0.717, 1.165) is 37.6 Å². The molecule has 6 heteroatoms. The highest BCUT2D eigenvalue weighted by Crippen LogP contribution is 2.37. The highest BCUT2D eigenvalue weighted by atomic mass is 19.1. The average Bonchev–Trinajstić information content (AvgIpc) is 2.90. The Labute approximate surface area is 121 Å². The van der Waals surface area contributed by atoms with Gasteiger partial charge in [-0.1, -0.05) is 0 Å². The number of carbonyl (C=O) groups excluding carboxylic acids is 1. The van der Waals surface area contributed by atoms with E-state index in [4.69, 9.17) is 0 Å². The maximum absolute atomic E-state index is 13.1. The van der Waals surface area contributed by atoms with Gasteiger partial charge in [0, 0.05) is 30.8 Å². The fraction of sp³-hybridized carbons (Fsp3) is 0.533. The molecular weight excluding hydrogens is 278 g/mol. The lowest BCUT2D eigenvalue weighted by Gasteiger charge is -2.17. The van der Waals surface area contributed by atoms with Crippen molar-refractivity contribution in [2.45, 2.75) is 18.9 Å². The van der Waals surface area contributed by atoms with Gasteiger partial charge in [-0.15, -0.1) is 0 Å². The van der Waals surface area contributed by atoms with Gasteiger partial charge in [0.25, 0.3) is 0 Å². The van der Waals surface area contributed by atoms with Crippen LogP contribution in [0, 0.1) is 23.5 Å². The fourth-order valence-electron chi connectivity index (χ4n) is 3.49. The Balaban J connectivity index is 1.55. The van der Waals surface area contributed by atoms with E-state index in [1.165, 1.54) is 0 Å². The zero-order valence-electron chi connectivity index (χ0n) is 11.6. The fourth-order valence-corrected chi connectivity index (χ4v) is 3.49. The van der Waals surface area contributed by atoms with Crippen LogP contribution in [-0.2, 0) is 4.79 Å². The molecule has 1 aliphatic heterocycles. The topological polar surface area (TPSA) is 52.6 Å². The zero-order valence-corrected chi connectivity index (χ0v) is 11.6. The minimum absolute atomic E-state index is 0.122. The summed E-state index contributed by atoms with van der Waals surface area (Å²) in [4.78, 5) is 13.9. The van der Waals surface area contributed by atoms with Gasteiger partial charge in [0.1, 0.15) is 11.6 Å². The van der Waals surface area contributed by atoms with E-state index < -0.39 is 11.6 Å². The van der Waals surface area contributed by atoms with Crippen LogP contribution in [-0.4, -0.2) is 41.7 Å². The van der Waals surface area contributed by atoms with Crippen molar-refractivity contribution in [1.82, 2.24) is 4.90 Å². The number of carbonyl (C=O) groups is 1. The van der Waals surface area contributed by atoms with Gasteiger partial charge in [0.2, 0.25) is 5.91 Å². The van der Waals surface area contributed by atoms with E-state index in [1.54, 1.807) is 0 Å². The Hall–Kier alpha value is -1.53. The summed E-state index contributed by atoms with van der Waals surface area (Å²) in [7, 11) is 0. The van der Waals surface area contributed by atoms with E-state index in [2.05, 4.69) is 5.32 Å². The highest BCUT2D eigenvalue weighted by molar-refractivity contribution is 5.92. The number of nitrogens with zero attached hydrogens (tertiary/aromatic N) is 1. The summed E-state index contributed by atoms with van der Waals surface area (Å²) in [5, 5.41) is 12.3. The SMILES string of the molecule is O=C(CN1CC2CCC(O)C2C1)Nc1cc(F)cc(F)c1. The van der Waals surface area contributed by atoms with Gasteiger partial charge in [-0.25, -0.2) is 8.78 Å². The third-order valence-electron chi connectivity index (χ3n) is 4.41. The Morgan fingerprint density at radius 2 is 1.95 bits per heavy atom. The number of halogens is 2. The van der Waals surface area contributed by atoms with Crippen molar-refractivity contribution in [2.75, 3.05) is 25.0 Å². The van der Waals surface area contributed by atoms with E-state index in [9.17, 15) is 18.7 Å². The maximum Gasteiger partial charge on any atom is 0.238 e. The smallest absolute Gasteiger partial charge is 0.238 e. The van der Waals surface area contributed by atoms with Crippen LogP contribution in [0.3, 0.4) is 0 Å². The Morgan fingerprint density at radius 3 is 2.62 bits per heavy atom. The van der Waals surface area contributed by atoms with Crippen LogP contribution in [0.2, 0.25) is 0 Å². The molecule has 2 fully saturated rings. The Kier molecular flexibility index (Phi) is 3.91. The van der Waals surface area contributed by atoms with Gasteiger partial charge in [-0.05, 0) is 30.9 Å². The molecule has 1 heterocycles. The van der Waals surface area contributed by atoms with Crippen molar-refractivity contribution in [3.63, 3.8) is 0 Å². The van der Waals surface area contributed by atoms with Crippen molar-refractivity contribution in [3.05, 3.63) is 29.8 Å². The number of fused-ring (bicyclic) bond motifs is 1. The molecule has 1 saturated carbocycles. The molecule has 21 heavy (non-hydrogen) atoms. The molecule has 1 aromatic rings. The molecule has 1 aromatic carbocycles. The Morgan fingerprint density at radius 1 is 1.24 bits per heavy atom. The first kappa shape index (κ1) is 14.4. The van der Waals surface area contributed by atoms with Crippen LogP contribution in [0.5, 0.6) is 0 Å². The molecular formula is C15H18F2N2O2. The van der Waals surface area contributed by atoms with E-state index in [1.807, 2.05) is 4.90 Å². The summed E-state index contributed by atoms with van der Waals surface area (Å²) >= 11 is 0. The number of hydrogen-bond acceptors (Lipinski definition) is 3. The van der Waals surface area contributed by atoms with Gasteiger partial charge in [0.15, 0.2) is 0 Å². The molecule has 3 unspecified atom stereocenters. The molecule has 3 atom stereocenters. The molecule has 0 aromatic heterocycles. The molecule has 3 rings (SSSR count). The first-order valence-electron chi connectivity index (χ1n) is 7.17. The lowest BCUT2D eigenvalue weighted by Crippen LogP contribution is -2.33. The summed E-state index contributed by atoms with van der Waals surface area (Å²) in [5.74, 6) is -1.02. The number of benzene rings is 1. The van der Waals surface area contributed by atoms with Crippen LogP contribution in [0.15, 0.2) is 18.2 Å². The van der Waals surface area contributed by atoms with E-state index in [0.29, 0.717) is 12.5 Å². The standard InChI is InChI=1S/C15H18F2N2O2/c16-10-3-11(17)5-12(4-10)18-15(21)8-19-6-9-1-2-14(20)13(9)7-19/h3-5,9,13-14,20H,1-2,6-8H2,(H,18,21). The third kappa shape index (κ3) is 3.22. The van der Waals surface area contributed by atoms with Gasteiger partial charge in [-0.2, -0.15) is 0 Å². The summed E-state index contributed by atoms with van der Waals surface area (Å²) in [6, 6.07) is 2.94. The lowest BCUT2D eigenvalue weighted by molar-refractivity contribution is -0.117. The van der Waals surface area contributed by atoms with Crippen molar-refractivity contribution in [1.29, 1.82) is 0 Å². The molecule has 2 aliphatic rings. The normalized spacial score (nSPS) is 28.6. The number of hydrogen-bond donors (Lipinski definition) is 2. The van der Waals surface area contributed by atoms with E-state index in [-0.39, 0.29) is 30.2 Å². The van der Waals surface area contributed by atoms with Crippen LogP contribution in [0.1, 0.15) is 12.8 Å². The largest absolute Gasteiger partial charge is 0.393 e. The number of nitrogens with one attached hydrogen (secondary N) is 1. The average molecular weight is 296 g/mol. The molecule has 0 spiro atoms. The minimum atomic E-state index is -0.718. The summed E-state index contributed by atoms with van der Waals surface area (Å²) in [5.41, 5.74) is 0.122. The number of amides is 1. The number of anilines is 1. The van der Waals surface area contributed by atoms with Crippen LogP contribution in [0.25, 0.3) is 0 Å². The van der Waals surface area contributed by atoms with Crippen molar-refractivity contribution in [3.8, 4) is 0 Å². The second kappa shape index (κ2) is 5.69. The van der Waals surface area contributed by atoms with Crippen LogP contribution >= 0.6 is 0 Å². The van der Waals surface area contributed by atoms with Gasteiger partial charge in [0.05, 0.1) is 12.6 Å². The van der Waals surface area contributed by atoms with Gasteiger partial charge in [-0.3, -0.25) is 9.69 Å². The summed E-state index contributed by atoms with van der Waals surface area (Å²) < 4.78 is 26.1. The third-order valence-corrected chi connectivity index (χ3v) is 4.41. The van der Waals surface area contributed by atoms with Crippen molar-refractivity contribution in [2.24, 2.45) is 11.8 Å². The molecule has 1 aliphatic carbocycles. The molecule has 114 valence electrons. The quantitative estimate of drug-likeness (QED) is 0.891.